The highest BCUT2D eigenvalue weighted by Gasteiger charge is 2.09. The van der Waals surface area contributed by atoms with Gasteiger partial charge < -0.3 is 11.1 Å². The maximum atomic E-state index is 7.84. The van der Waals surface area contributed by atoms with E-state index in [0.29, 0.717) is 11.4 Å². The maximum absolute atomic E-state index is 7.84. The molecule has 3 N–H and O–H groups in total. The third-order valence-corrected chi connectivity index (χ3v) is 2.08. The summed E-state index contributed by atoms with van der Waals surface area (Å²) in [6.07, 6.45) is 0. The van der Waals surface area contributed by atoms with Crippen molar-refractivity contribution in [3.8, 4) is 0 Å². The van der Waals surface area contributed by atoms with Gasteiger partial charge in [0.15, 0.2) is 0 Å². The van der Waals surface area contributed by atoms with Gasteiger partial charge in [-0.15, -0.1) is 0 Å². The second-order valence-corrected chi connectivity index (χ2v) is 3.66. The molecule has 0 saturated carbocycles. The van der Waals surface area contributed by atoms with Crippen LogP contribution in [0.25, 0.3) is 0 Å². The Morgan fingerprint density at radius 3 is 2.54 bits per heavy atom. The minimum absolute atomic E-state index is 0.226. The van der Waals surface area contributed by atoms with Crippen molar-refractivity contribution in [2.24, 2.45) is 5.92 Å². The largest absolute Gasteiger partial charge is 0.398 e. The van der Waals surface area contributed by atoms with E-state index in [1.54, 1.807) is 0 Å². The van der Waals surface area contributed by atoms with E-state index >= 15 is 0 Å². The summed E-state index contributed by atoms with van der Waals surface area (Å²) in [4.78, 5) is 0. The van der Waals surface area contributed by atoms with Crippen molar-refractivity contribution in [2.75, 3.05) is 5.73 Å². The zero-order valence-corrected chi connectivity index (χ0v) is 8.39. The Bertz CT molecular complexity index is 327. The average molecular weight is 176 g/mol. The Hall–Kier alpha value is -1.31. The number of rotatable bonds is 2. The normalized spacial score (nSPS) is 10.5. The van der Waals surface area contributed by atoms with Gasteiger partial charge in [-0.1, -0.05) is 25.5 Å². The van der Waals surface area contributed by atoms with E-state index in [4.69, 9.17) is 11.1 Å². The summed E-state index contributed by atoms with van der Waals surface area (Å²) in [7, 11) is 0. The molecular weight excluding hydrogens is 160 g/mol. The van der Waals surface area contributed by atoms with Crippen molar-refractivity contribution in [3.05, 3.63) is 29.3 Å². The van der Waals surface area contributed by atoms with E-state index in [0.717, 1.165) is 11.1 Å². The van der Waals surface area contributed by atoms with Gasteiger partial charge in [-0.25, -0.2) is 0 Å². The summed E-state index contributed by atoms with van der Waals surface area (Å²) in [6.45, 7) is 6.02. The number of hydrogen-bond acceptors (Lipinski definition) is 2. The first kappa shape index (κ1) is 9.78. The van der Waals surface area contributed by atoms with Crippen LogP contribution in [-0.2, 0) is 0 Å². The number of nitrogen functional groups attached to an aromatic ring is 1. The molecule has 0 saturated heterocycles. The smallest absolute Gasteiger partial charge is 0.0432 e. The fourth-order valence-corrected chi connectivity index (χ4v) is 1.21. The molecule has 0 aliphatic rings. The van der Waals surface area contributed by atoms with Gasteiger partial charge in [0, 0.05) is 17.0 Å². The highest BCUT2D eigenvalue weighted by molar-refractivity contribution is 6.03. The van der Waals surface area contributed by atoms with Crippen molar-refractivity contribution in [1.82, 2.24) is 0 Å². The van der Waals surface area contributed by atoms with Gasteiger partial charge in [0.05, 0.1) is 0 Å². The van der Waals surface area contributed by atoms with E-state index in [2.05, 4.69) is 0 Å². The summed E-state index contributed by atoms with van der Waals surface area (Å²) in [5, 5.41) is 7.84. The number of nitrogens with one attached hydrogen (secondary N) is 1. The van der Waals surface area contributed by atoms with Gasteiger partial charge in [-0.2, -0.15) is 0 Å². The van der Waals surface area contributed by atoms with Gasteiger partial charge in [0.1, 0.15) is 0 Å². The standard InChI is InChI=1S/C11H16N2/c1-7(2)11(13)9-6-8(3)4-5-10(9)12/h4-7,13H,12H2,1-3H3. The first-order chi connectivity index (χ1) is 6.02. The molecule has 1 rings (SSSR count). The Labute approximate surface area is 79.3 Å². The van der Waals surface area contributed by atoms with E-state index < -0.39 is 0 Å². The Morgan fingerprint density at radius 1 is 1.38 bits per heavy atom. The topological polar surface area (TPSA) is 49.9 Å². The fourth-order valence-electron chi connectivity index (χ4n) is 1.21. The molecule has 0 bridgehead atoms. The van der Waals surface area contributed by atoms with Crippen LogP contribution < -0.4 is 5.73 Å². The zero-order valence-electron chi connectivity index (χ0n) is 8.39. The van der Waals surface area contributed by atoms with Crippen LogP contribution in [0.4, 0.5) is 5.69 Å². The number of aryl methyl sites for hydroxylation is 1. The molecule has 0 aromatic heterocycles. The van der Waals surface area contributed by atoms with Crippen molar-refractivity contribution in [2.45, 2.75) is 20.8 Å². The van der Waals surface area contributed by atoms with Crippen LogP contribution in [0.15, 0.2) is 18.2 Å². The van der Waals surface area contributed by atoms with Crippen LogP contribution in [0, 0.1) is 18.3 Å². The molecule has 0 aliphatic heterocycles. The molecule has 0 atom stereocenters. The molecule has 0 unspecified atom stereocenters. The minimum atomic E-state index is 0.226. The highest BCUT2D eigenvalue weighted by atomic mass is 14.6. The number of nitrogens with two attached hydrogens (primary N) is 1. The molecule has 0 spiro atoms. The SMILES string of the molecule is Cc1ccc(N)c(C(=N)C(C)C)c1. The Balaban J connectivity index is 3.13. The fraction of sp³-hybridized carbons (Fsp3) is 0.364. The van der Waals surface area contributed by atoms with E-state index in [1.807, 2.05) is 39.0 Å². The van der Waals surface area contributed by atoms with Gasteiger partial charge in [0.2, 0.25) is 0 Å². The molecule has 0 amide bonds. The van der Waals surface area contributed by atoms with Crippen LogP contribution in [0.1, 0.15) is 25.0 Å². The maximum Gasteiger partial charge on any atom is 0.0432 e. The van der Waals surface area contributed by atoms with Gasteiger partial charge >= 0.3 is 0 Å². The average Bonchev–Trinajstić information content (AvgIpc) is 2.08. The molecule has 0 heterocycles. The van der Waals surface area contributed by atoms with Crippen molar-refractivity contribution in [1.29, 1.82) is 5.41 Å². The molecule has 0 aliphatic carbocycles. The van der Waals surface area contributed by atoms with Crippen LogP contribution >= 0.6 is 0 Å². The quantitative estimate of drug-likeness (QED) is 0.528. The molecule has 0 fully saturated rings. The highest BCUT2D eigenvalue weighted by Crippen LogP contribution is 2.17. The van der Waals surface area contributed by atoms with Crippen molar-refractivity contribution >= 4 is 11.4 Å². The van der Waals surface area contributed by atoms with Crippen LogP contribution in [0.2, 0.25) is 0 Å². The van der Waals surface area contributed by atoms with Crippen LogP contribution in [-0.4, -0.2) is 5.71 Å². The zero-order chi connectivity index (χ0) is 10.0. The second kappa shape index (κ2) is 3.60. The molecule has 70 valence electrons. The predicted octanol–water partition coefficient (Wildman–Crippen LogP) is 2.60. The third-order valence-electron chi connectivity index (χ3n) is 2.08. The Morgan fingerprint density at radius 2 is 2.00 bits per heavy atom. The van der Waals surface area contributed by atoms with E-state index in [9.17, 15) is 0 Å². The van der Waals surface area contributed by atoms with Crippen molar-refractivity contribution in [3.63, 3.8) is 0 Å². The summed E-state index contributed by atoms with van der Waals surface area (Å²) in [5.41, 5.74) is 9.12. The van der Waals surface area contributed by atoms with Crippen LogP contribution in [0.5, 0.6) is 0 Å². The predicted molar refractivity (Wildman–Crippen MR) is 57.3 cm³/mol. The molecule has 1 aromatic carbocycles. The Kier molecular flexibility index (Phi) is 2.71. The first-order valence-corrected chi connectivity index (χ1v) is 4.47. The van der Waals surface area contributed by atoms with Gasteiger partial charge in [-0.3, -0.25) is 0 Å². The third kappa shape index (κ3) is 2.08. The first-order valence-electron chi connectivity index (χ1n) is 4.47. The molecule has 13 heavy (non-hydrogen) atoms. The van der Waals surface area contributed by atoms with Crippen LogP contribution in [0.3, 0.4) is 0 Å². The van der Waals surface area contributed by atoms with Gasteiger partial charge in [-0.05, 0) is 25.0 Å². The molecule has 0 radical (unpaired) electrons. The lowest BCUT2D eigenvalue weighted by Crippen LogP contribution is -2.10. The minimum Gasteiger partial charge on any atom is -0.398 e. The second-order valence-electron chi connectivity index (χ2n) is 3.66. The number of anilines is 1. The summed E-state index contributed by atoms with van der Waals surface area (Å²) in [5.74, 6) is 0.226. The number of benzene rings is 1. The summed E-state index contributed by atoms with van der Waals surface area (Å²) in [6, 6.07) is 5.80. The molecule has 2 heteroatoms. The van der Waals surface area contributed by atoms with Crippen molar-refractivity contribution < 1.29 is 0 Å². The monoisotopic (exact) mass is 176 g/mol. The van der Waals surface area contributed by atoms with E-state index in [1.165, 1.54) is 0 Å². The lowest BCUT2D eigenvalue weighted by Gasteiger charge is -2.10. The number of hydrogen-bond donors (Lipinski definition) is 2. The van der Waals surface area contributed by atoms with E-state index in [-0.39, 0.29) is 5.92 Å². The lowest BCUT2D eigenvalue weighted by molar-refractivity contribution is 0.878. The lowest BCUT2D eigenvalue weighted by atomic mass is 9.97. The van der Waals surface area contributed by atoms with Gasteiger partial charge in [0.25, 0.3) is 0 Å². The summed E-state index contributed by atoms with van der Waals surface area (Å²) >= 11 is 0. The molecular formula is C11H16N2. The summed E-state index contributed by atoms with van der Waals surface area (Å²) < 4.78 is 0. The molecule has 2 nitrogen and oxygen atoms in total. The molecule has 1 aromatic rings.